The van der Waals surface area contributed by atoms with Gasteiger partial charge in [-0.2, -0.15) is 0 Å². The average molecular weight is 332 g/mol. The molecule has 0 spiro atoms. The molecule has 0 aliphatic heterocycles. The molecule has 1 amide bonds. The highest BCUT2D eigenvalue weighted by molar-refractivity contribution is 6.30. The van der Waals surface area contributed by atoms with Gasteiger partial charge in [-0.15, -0.1) is 0 Å². The topological polar surface area (TPSA) is 45.7 Å². The summed E-state index contributed by atoms with van der Waals surface area (Å²) in [5.41, 5.74) is 3.27. The quantitative estimate of drug-likeness (QED) is 0.832. The third-order valence-corrected chi connectivity index (χ3v) is 4.17. The number of benzene rings is 2. The molecule has 0 saturated carbocycles. The molecule has 122 valence electrons. The van der Waals surface area contributed by atoms with E-state index in [2.05, 4.69) is 38.2 Å². The molecule has 2 aromatic rings. The number of rotatable bonds is 6. The van der Waals surface area contributed by atoms with Crippen LogP contribution in [-0.4, -0.2) is 12.5 Å². The predicted octanol–water partition coefficient (Wildman–Crippen LogP) is 3.73. The number of carbonyl (C=O) groups excluding carboxylic acids is 1. The van der Waals surface area contributed by atoms with Gasteiger partial charge >= 0.3 is 0 Å². The lowest BCUT2D eigenvalue weighted by molar-refractivity contribution is -0.682. The Morgan fingerprint density at radius 3 is 2.13 bits per heavy atom. The number of amides is 1. The Bertz CT molecular complexity index is 635. The molecule has 0 bridgehead atoms. The van der Waals surface area contributed by atoms with Crippen LogP contribution in [0.25, 0.3) is 0 Å². The number of anilines is 1. The van der Waals surface area contributed by atoms with Crippen LogP contribution in [0.5, 0.6) is 0 Å². The van der Waals surface area contributed by atoms with Crippen molar-refractivity contribution >= 4 is 23.2 Å². The van der Waals surface area contributed by atoms with Gasteiger partial charge in [0.2, 0.25) is 0 Å². The van der Waals surface area contributed by atoms with E-state index in [-0.39, 0.29) is 11.9 Å². The highest BCUT2D eigenvalue weighted by Crippen LogP contribution is 2.17. The molecule has 0 fully saturated rings. The molecule has 0 heterocycles. The maximum absolute atomic E-state index is 12.1. The number of halogens is 1. The van der Waals surface area contributed by atoms with Gasteiger partial charge in [-0.1, -0.05) is 49.7 Å². The summed E-state index contributed by atoms with van der Waals surface area (Å²) >= 11 is 5.89. The minimum atomic E-state index is 0.00288. The lowest BCUT2D eigenvalue weighted by Gasteiger charge is -2.12. The lowest BCUT2D eigenvalue weighted by atomic mass is 10.0. The summed E-state index contributed by atoms with van der Waals surface area (Å²) in [6.07, 6.45) is 0. The van der Waals surface area contributed by atoms with Crippen LogP contribution in [0.2, 0.25) is 5.02 Å². The molecular weight excluding hydrogens is 308 g/mol. The summed E-state index contributed by atoms with van der Waals surface area (Å²) in [7, 11) is 0. The van der Waals surface area contributed by atoms with Crippen molar-refractivity contribution in [3.63, 3.8) is 0 Å². The Balaban J connectivity index is 1.83. The first kappa shape index (κ1) is 17.5. The fourth-order valence-corrected chi connectivity index (χ4v) is 2.48. The van der Waals surface area contributed by atoms with Crippen LogP contribution in [0.15, 0.2) is 48.5 Å². The highest BCUT2D eigenvalue weighted by atomic mass is 35.5. The molecule has 0 aromatic heterocycles. The molecule has 0 aliphatic carbocycles. The minimum Gasteiger partial charge on any atom is -0.333 e. The lowest BCUT2D eigenvalue weighted by Crippen LogP contribution is -2.86. The molecule has 0 saturated heterocycles. The Morgan fingerprint density at radius 1 is 1.00 bits per heavy atom. The maximum Gasteiger partial charge on any atom is 0.279 e. The molecule has 2 rings (SSSR count). The van der Waals surface area contributed by atoms with Gasteiger partial charge in [-0.3, -0.25) is 4.79 Å². The van der Waals surface area contributed by atoms with Gasteiger partial charge in [-0.05, 0) is 42.7 Å². The number of nitrogens with two attached hydrogens (primary N) is 1. The molecule has 3 nitrogen and oxygen atoms in total. The van der Waals surface area contributed by atoms with Crippen molar-refractivity contribution in [1.29, 1.82) is 0 Å². The molecule has 3 N–H and O–H groups in total. The summed E-state index contributed by atoms with van der Waals surface area (Å²) in [6.45, 7) is 6.77. The van der Waals surface area contributed by atoms with Gasteiger partial charge in [0.25, 0.3) is 5.91 Å². The van der Waals surface area contributed by atoms with E-state index < -0.39 is 0 Å². The van der Waals surface area contributed by atoms with Crippen LogP contribution in [-0.2, 0) is 4.79 Å². The van der Waals surface area contributed by atoms with Crippen molar-refractivity contribution in [2.45, 2.75) is 32.7 Å². The van der Waals surface area contributed by atoms with E-state index >= 15 is 0 Å². The molecule has 0 radical (unpaired) electrons. The second-order valence-corrected chi connectivity index (χ2v) is 6.54. The molecule has 23 heavy (non-hydrogen) atoms. The molecular formula is C19H24ClN2O+. The zero-order valence-corrected chi connectivity index (χ0v) is 14.6. The summed E-state index contributed by atoms with van der Waals surface area (Å²) in [5, 5.41) is 5.67. The van der Waals surface area contributed by atoms with Crippen molar-refractivity contribution < 1.29 is 10.1 Å². The summed E-state index contributed by atoms with van der Waals surface area (Å²) in [4.78, 5) is 12.1. The van der Waals surface area contributed by atoms with E-state index in [0.29, 0.717) is 12.5 Å². The van der Waals surface area contributed by atoms with E-state index in [9.17, 15) is 4.79 Å². The van der Waals surface area contributed by atoms with Gasteiger partial charge < -0.3 is 10.6 Å². The van der Waals surface area contributed by atoms with Gasteiger partial charge in [-0.25, -0.2) is 0 Å². The molecule has 0 aliphatic rings. The zero-order chi connectivity index (χ0) is 16.8. The Labute approximate surface area is 143 Å². The van der Waals surface area contributed by atoms with Crippen LogP contribution in [0.1, 0.15) is 43.9 Å². The Hall–Kier alpha value is -1.84. The van der Waals surface area contributed by atoms with E-state index in [1.165, 1.54) is 5.56 Å². The number of hydrogen-bond donors (Lipinski definition) is 2. The third kappa shape index (κ3) is 5.38. The average Bonchev–Trinajstić information content (AvgIpc) is 2.54. The second-order valence-electron chi connectivity index (χ2n) is 6.10. The number of nitrogens with one attached hydrogen (secondary N) is 1. The van der Waals surface area contributed by atoms with Gasteiger partial charge in [0.1, 0.15) is 6.04 Å². The van der Waals surface area contributed by atoms with Crippen LogP contribution in [0, 0.1) is 0 Å². The second kappa shape index (κ2) is 8.14. The van der Waals surface area contributed by atoms with Crippen LogP contribution in [0.4, 0.5) is 5.69 Å². The number of hydrogen-bond acceptors (Lipinski definition) is 1. The van der Waals surface area contributed by atoms with Gasteiger partial charge in [0, 0.05) is 16.3 Å². The summed E-state index contributed by atoms with van der Waals surface area (Å²) in [5.74, 6) is 0.497. The molecule has 4 heteroatoms. The number of carbonyl (C=O) groups is 1. The van der Waals surface area contributed by atoms with Gasteiger partial charge in [0.15, 0.2) is 6.54 Å². The van der Waals surface area contributed by atoms with Crippen molar-refractivity contribution in [2.24, 2.45) is 0 Å². The van der Waals surface area contributed by atoms with E-state index in [1.54, 1.807) is 0 Å². The molecule has 1 atom stereocenters. The third-order valence-electron chi connectivity index (χ3n) is 3.91. The van der Waals surface area contributed by atoms with Crippen LogP contribution >= 0.6 is 11.6 Å². The largest absolute Gasteiger partial charge is 0.333 e. The summed E-state index contributed by atoms with van der Waals surface area (Å²) < 4.78 is 0. The molecule has 0 unspecified atom stereocenters. The van der Waals surface area contributed by atoms with Crippen molar-refractivity contribution in [1.82, 2.24) is 0 Å². The Morgan fingerprint density at radius 2 is 1.57 bits per heavy atom. The van der Waals surface area contributed by atoms with Gasteiger partial charge in [0.05, 0.1) is 0 Å². The first-order chi connectivity index (χ1) is 11.0. The smallest absolute Gasteiger partial charge is 0.279 e. The fraction of sp³-hybridized carbons (Fsp3) is 0.316. The van der Waals surface area contributed by atoms with Crippen molar-refractivity contribution in [3.05, 3.63) is 64.7 Å². The maximum atomic E-state index is 12.1. The number of quaternary nitrogens is 1. The van der Waals surface area contributed by atoms with E-state index in [4.69, 9.17) is 11.6 Å². The SMILES string of the molecule is CC(C)c1ccc(NC(=O)C[NH2+][C@@H](C)c2ccc(Cl)cc2)cc1. The van der Waals surface area contributed by atoms with Crippen LogP contribution in [0.3, 0.4) is 0 Å². The van der Waals surface area contributed by atoms with E-state index in [0.717, 1.165) is 16.3 Å². The molecule has 2 aromatic carbocycles. The normalized spacial score (nSPS) is 12.2. The van der Waals surface area contributed by atoms with E-state index in [1.807, 2.05) is 41.7 Å². The first-order valence-electron chi connectivity index (χ1n) is 7.94. The highest BCUT2D eigenvalue weighted by Gasteiger charge is 2.11. The first-order valence-corrected chi connectivity index (χ1v) is 8.32. The monoisotopic (exact) mass is 331 g/mol. The van der Waals surface area contributed by atoms with Crippen molar-refractivity contribution in [3.8, 4) is 0 Å². The zero-order valence-electron chi connectivity index (χ0n) is 13.8. The van der Waals surface area contributed by atoms with Crippen molar-refractivity contribution in [2.75, 3.05) is 11.9 Å². The van der Waals surface area contributed by atoms with Crippen LogP contribution < -0.4 is 10.6 Å². The fourth-order valence-electron chi connectivity index (χ4n) is 2.35. The Kier molecular flexibility index (Phi) is 6.20. The predicted molar refractivity (Wildman–Crippen MR) is 95.8 cm³/mol. The standard InChI is InChI=1S/C19H23ClN2O/c1-13(2)15-6-10-18(11-7-15)22-19(23)12-21-14(3)16-4-8-17(20)9-5-16/h4-11,13-14,21H,12H2,1-3H3,(H,22,23)/p+1/t14-/m0/s1. The summed E-state index contributed by atoms with van der Waals surface area (Å²) in [6, 6.07) is 16.0. The minimum absolute atomic E-state index is 0.00288.